The van der Waals surface area contributed by atoms with Crippen molar-refractivity contribution >= 4 is 0 Å². The lowest BCUT2D eigenvalue weighted by Crippen LogP contribution is -2.40. The van der Waals surface area contributed by atoms with E-state index < -0.39 is 6.10 Å². The van der Waals surface area contributed by atoms with Gasteiger partial charge < -0.3 is 10.8 Å². The van der Waals surface area contributed by atoms with E-state index >= 15 is 0 Å². The smallest absolute Gasteiger partial charge is 0.147 e. The largest absolute Gasteiger partial charge is 0.391 e. The Morgan fingerprint density at radius 1 is 1.27 bits per heavy atom. The fourth-order valence-corrected chi connectivity index (χ4v) is 3.22. The SMILES string of the molecule is Cc1nc([C@H]2CC[C@@H](N)[C@H](O)C2)n(CCc2ccccc2)n1. The first-order valence-corrected chi connectivity index (χ1v) is 8.02. The van der Waals surface area contributed by atoms with E-state index in [-0.39, 0.29) is 12.0 Å². The van der Waals surface area contributed by atoms with Gasteiger partial charge in [0.15, 0.2) is 0 Å². The lowest BCUT2D eigenvalue weighted by Gasteiger charge is -2.30. The third-order valence-corrected chi connectivity index (χ3v) is 4.50. The van der Waals surface area contributed by atoms with Gasteiger partial charge in [0.2, 0.25) is 0 Å². The van der Waals surface area contributed by atoms with Crippen LogP contribution in [0.25, 0.3) is 0 Å². The number of hydrogen-bond donors (Lipinski definition) is 2. The topological polar surface area (TPSA) is 77.0 Å². The van der Waals surface area contributed by atoms with Crippen molar-refractivity contribution in [2.24, 2.45) is 5.73 Å². The van der Waals surface area contributed by atoms with Crippen LogP contribution in [0.15, 0.2) is 30.3 Å². The highest BCUT2D eigenvalue weighted by atomic mass is 16.3. The average molecular weight is 300 g/mol. The first-order chi connectivity index (χ1) is 10.6. The summed E-state index contributed by atoms with van der Waals surface area (Å²) in [6.45, 7) is 2.74. The molecule has 0 saturated heterocycles. The Hall–Kier alpha value is -1.72. The zero-order valence-electron chi connectivity index (χ0n) is 13.0. The van der Waals surface area contributed by atoms with Gasteiger partial charge >= 0.3 is 0 Å². The summed E-state index contributed by atoms with van der Waals surface area (Å²) in [5, 5.41) is 14.6. The predicted octanol–water partition coefficient (Wildman–Crippen LogP) is 1.78. The fraction of sp³-hybridized carbons (Fsp3) is 0.529. The second kappa shape index (κ2) is 6.58. The highest BCUT2D eigenvalue weighted by Gasteiger charge is 2.30. The Morgan fingerprint density at radius 3 is 2.77 bits per heavy atom. The maximum Gasteiger partial charge on any atom is 0.147 e. The first-order valence-electron chi connectivity index (χ1n) is 8.02. The molecule has 22 heavy (non-hydrogen) atoms. The molecule has 3 atom stereocenters. The molecule has 3 N–H and O–H groups in total. The van der Waals surface area contributed by atoms with Crippen molar-refractivity contribution in [2.75, 3.05) is 0 Å². The first kappa shape index (κ1) is 15.2. The minimum Gasteiger partial charge on any atom is -0.391 e. The van der Waals surface area contributed by atoms with E-state index in [1.807, 2.05) is 17.7 Å². The highest BCUT2D eigenvalue weighted by molar-refractivity contribution is 5.15. The molecule has 0 radical (unpaired) electrons. The number of aryl methyl sites for hydroxylation is 3. The molecule has 3 rings (SSSR count). The molecule has 1 fully saturated rings. The Bertz CT molecular complexity index is 610. The Kier molecular flexibility index (Phi) is 4.55. The van der Waals surface area contributed by atoms with Crippen molar-refractivity contribution < 1.29 is 5.11 Å². The van der Waals surface area contributed by atoms with Crippen LogP contribution in [-0.4, -0.2) is 32.0 Å². The molecule has 0 bridgehead atoms. The maximum atomic E-state index is 10.0. The van der Waals surface area contributed by atoms with E-state index in [1.54, 1.807) is 0 Å². The second-order valence-electron chi connectivity index (χ2n) is 6.22. The molecule has 0 aliphatic heterocycles. The molecule has 1 heterocycles. The van der Waals surface area contributed by atoms with Crippen molar-refractivity contribution in [3.8, 4) is 0 Å². The van der Waals surface area contributed by atoms with Crippen molar-refractivity contribution in [1.29, 1.82) is 0 Å². The van der Waals surface area contributed by atoms with Gasteiger partial charge in [-0.3, -0.25) is 0 Å². The summed E-state index contributed by atoms with van der Waals surface area (Å²) in [6.07, 6.45) is 3.01. The van der Waals surface area contributed by atoms with Crippen LogP contribution in [0, 0.1) is 6.92 Å². The molecule has 5 heteroatoms. The molecule has 5 nitrogen and oxygen atoms in total. The Balaban J connectivity index is 1.72. The lowest BCUT2D eigenvalue weighted by atomic mass is 9.84. The quantitative estimate of drug-likeness (QED) is 0.902. The van der Waals surface area contributed by atoms with Gasteiger partial charge in [-0.15, -0.1) is 0 Å². The van der Waals surface area contributed by atoms with Crippen LogP contribution in [0.5, 0.6) is 0 Å². The number of aromatic nitrogens is 3. The van der Waals surface area contributed by atoms with Gasteiger partial charge in [0.05, 0.1) is 6.10 Å². The molecule has 1 aliphatic carbocycles. The summed E-state index contributed by atoms with van der Waals surface area (Å²) >= 11 is 0. The van der Waals surface area contributed by atoms with Gasteiger partial charge in [0, 0.05) is 18.5 Å². The number of aliphatic hydroxyl groups is 1. The average Bonchev–Trinajstić information content (AvgIpc) is 2.90. The molecule has 0 spiro atoms. The van der Waals surface area contributed by atoms with Crippen molar-refractivity contribution in [1.82, 2.24) is 14.8 Å². The number of hydrogen-bond acceptors (Lipinski definition) is 4. The summed E-state index contributed by atoms with van der Waals surface area (Å²) in [6, 6.07) is 10.3. The Morgan fingerprint density at radius 2 is 2.05 bits per heavy atom. The zero-order chi connectivity index (χ0) is 15.5. The molecule has 1 aromatic heterocycles. The third-order valence-electron chi connectivity index (χ3n) is 4.50. The molecule has 118 valence electrons. The maximum absolute atomic E-state index is 10.0. The van der Waals surface area contributed by atoms with E-state index in [1.165, 1.54) is 5.56 Å². The van der Waals surface area contributed by atoms with Gasteiger partial charge in [-0.05, 0) is 38.2 Å². The second-order valence-corrected chi connectivity index (χ2v) is 6.22. The van der Waals surface area contributed by atoms with Crippen LogP contribution < -0.4 is 5.73 Å². The molecular weight excluding hydrogens is 276 g/mol. The molecule has 2 aromatic rings. The van der Waals surface area contributed by atoms with E-state index in [4.69, 9.17) is 5.73 Å². The number of nitrogens with zero attached hydrogens (tertiary/aromatic N) is 3. The molecule has 1 aliphatic rings. The van der Waals surface area contributed by atoms with Crippen molar-refractivity contribution in [2.45, 2.75) is 57.2 Å². The Labute approximate surface area is 131 Å². The monoisotopic (exact) mass is 300 g/mol. The number of rotatable bonds is 4. The third kappa shape index (κ3) is 3.36. The molecule has 0 amide bonds. The summed E-state index contributed by atoms with van der Waals surface area (Å²) < 4.78 is 2.01. The van der Waals surface area contributed by atoms with E-state index in [0.29, 0.717) is 6.42 Å². The van der Waals surface area contributed by atoms with Crippen LogP contribution in [0.3, 0.4) is 0 Å². The summed E-state index contributed by atoms with van der Waals surface area (Å²) in [5.74, 6) is 2.05. The molecule has 1 saturated carbocycles. The molecule has 0 unspecified atom stereocenters. The van der Waals surface area contributed by atoms with Crippen molar-refractivity contribution in [3.63, 3.8) is 0 Å². The normalized spacial score (nSPS) is 25.3. The number of aliphatic hydroxyl groups excluding tert-OH is 1. The van der Waals surface area contributed by atoms with E-state index in [2.05, 4.69) is 34.3 Å². The van der Waals surface area contributed by atoms with Crippen LogP contribution in [-0.2, 0) is 13.0 Å². The van der Waals surface area contributed by atoms with Gasteiger partial charge in [-0.1, -0.05) is 30.3 Å². The van der Waals surface area contributed by atoms with E-state index in [9.17, 15) is 5.11 Å². The zero-order valence-corrected chi connectivity index (χ0v) is 13.0. The van der Waals surface area contributed by atoms with Crippen LogP contribution in [0.2, 0.25) is 0 Å². The van der Waals surface area contributed by atoms with Crippen LogP contribution >= 0.6 is 0 Å². The highest BCUT2D eigenvalue weighted by Crippen LogP contribution is 2.31. The summed E-state index contributed by atoms with van der Waals surface area (Å²) in [7, 11) is 0. The summed E-state index contributed by atoms with van der Waals surface area (Å²) in [4.78, 5) is 4.61. The van der Waals surface area contributed by atoms with Gasteiger partial charge in [0.25, 0.3) is 0 Å². The number of benzene rings is 1. The molecular formula is C17H24N4O. The number of nitrogens with two attached hydrogens (primary N) is 1. The fourth-order valence-electron chi connectivity index (χ4n) is 3.22. The van der Waals surface area contributed by atoms with Gasteiger partial charge in [-0.2, -0.15) is 5.10 Å². The standard InChI is InChI=1S/C17H24N4O/c1-12-19-17(14-7-8-15(18)16(22)11-14)21(20-12)10-9-13-5-3-2-4-6-13/h2-6,14-16,22H,7-11,18H2,1H3/t14-,15+,16+/m0/s1. The predicted molar refractivity (Wildman–Crippen MR) is 85.5 cm³/mol. The van der Waals surface area contributed by atoms with Crippen LogP contribution in [0.1, 0.15) is 42.4 Å². The van der Waals surface area contributed by atoms with Gasteiger partial charge in [-0.25, -0.2) is 9.67 Å². The van der Waals surface area contributed by atoms with Crippen molar-refractivity contribution in [3.05, 3.63) is 47.5 Å². The minimum absolute atomic E-state index is 0.0990. The minimum atomic E-state index is -0.432. The van der Waals surface area contributed by atoms with E-state index in [0.717, 1.165) is 37.5 Å². The van der Waals surface area contributed by atoms with Crippen LogP contribution in [0.4, 0.5) is 0 Å². The summed E-state index contributed by atoms with van der Waals surface area (Å²) in [5.41, 5.74) is 7.20. The van der Waals surface area contributed by atoms with Gasteiger partial charge in [0.1, 0.15) is 11.6 Å². The lowest BCUT2D eigenvalue weighted by molar-refractivity contribution is 0.0955. The molecule has 1 aromatic carbocycles.